The summed E-state index contributed by atoms with van der Waals surface area (Å²) in [5.41, 5.74) is 7.95. The van der Waals surface area contributed by atoms with E-state index in [1.807, 2.05) is 0 Å². The van der Waals surface area contributed by atoms with Gasteiger partial charge in [-0.05, 0) is 42.3 Å². The van der Waals surface area contributed by atoms with Crippen molar-refractivity contribution < 1.29 is 16.8 Å². The van der Waals surface area contributed by atoms with Crippen molar-refractivity contribution in [3.8, 4) is 11.1 Å². The molecule has 1 aromatic heterocycles. The third-order valence-electron chi connectivity index (χ3n) is 5.79. The molecule has 1 fully saturated rings. The number of imidazole rings is 1. The van der Waals surface area contributed by atoms with E-state index in [9.17, 15) is 16.8 Å². The SMILES string of the molecule is NCc1nc2ccc(-c3ccc(S(=O)(=O)N[C@@H]4CCNC4)c(S(N)(=O)=O)c3C3=NCN=N3)cc2[nH]1. The Morgan fingerprint density at radius 2 is 1.97 bits per heavy atom. The van der Waals surface area contributed by atoms with Crippen LogP contribution in [0, 0.1) is 0 Å². The number of sulfonamides is 2. The predicted octanol–water partition coefficient (Wildman–Crippen LogP) is 0.146. The van der Waals surface area contributed by atoms with E-state index in [1.165, 1.54) is 12.1 Å². The van der Waals surface area contributed by atoms with Gasteiger partial charge in [0.2, 0.25) is 20.0 Å². The van der Waals surface area contributed by atoms with Gasteiger partial charge in [0, 0.05) is 12.6 Å². The molecule has 13 nitrogen and oxygen atoms in total. The van der Waals surface area contributed by atoms with E-state index >= 15 is 0 Å². The quantitative estimate of drug-likeness (QED) is 0.292. The van der Waals surface area contributed by atoms with Gasteiger partial charge in [-0.2, -0.15) is 5.11 Å². The lowest BCUT2D eigenvalue weighted by molar-refractivity contribution is 0.555. The molecule has 2 aliphatic rings. The largest absolute Gasteiger partial charge is 0.341 e. The number of amidine groups is 1. The van der Waals surface area contributed by atoms with Crippen LogP contribution in [0.15, 0.2) is 55.3 Å². The van der Waals surface area contributed by atoms with E-state index in [-0.39, 0.29) is 30.7 Å². The van der Waals surface area contributed by atoms with Gasteiger partial charge < -0.3 is 16.0 Å². The Labute approximate surface area is 201 Å². The maximum Gasteiger partial charge on any atom is 0.242 e. The first kappa shape index (κ1) is 23.7. The average molecular weight is 518 g/mol. The van der Waals surface area contributed by atoms with Crippen molar-refractivity contribution in [3.05, 3.63) is 41.7 Å². The van der Waals surface area contributed by atoms with Crippen LogP contribution in [0.5, 0.6) is 0 Å². The zero-order valence-corrected chi connectivity index (χ0v) is 20.0. The second-order valence-corrected chi connectivity index (χ2v) is 11.3. The van der Waals surface area contributed by atoms with Crippen molar-refractivity contribution in [3.63, 3.8) is 0 Å². The average Bonchev–Trinajstić information content (AvgIpc) is 3.58. The summed E-state index contributed by atoms with van der Waals surface area (Å²) in [5.74, 6) is 0.571. The summed E-state index contributed by atoms with van der Waals surface area (Å²) in [5, 5.41) is 16.5. The Kier molecular flexibility index (Phi) is 5.98. The van der Waals surface area contributed by atoms with E-state index in [0.29, 0.717) is 47.5 Å². The summed E-state index contributed by atoms with van der Waals surface area (Å²) in [6, 6.07) is 7.62. The van der Waals surface area contributed by atoms with Gasteiger partial charge in [0.15, 0.2) is 12.5 Å². The number of nitrogens with two attached hydrogens (primary N) is 2. The third kappa shape index (κ3) is 4.49. The van der Waals surface area contributed by atoms with Crippen molar-refractivity contribution in [2.75, 3.05) is 19.8 Å². The lowest BCUT2D eigenvalue weighted by Crippen LogP contribution is -2.37. The van der Waals surface area contributed by atoms with Gasteiger partial charge in [0.05, 0.1) is 23.1 Å². The summed E-state index contributed by atoms with van der Waals surface area (Å²) < 4.78 is 54.9. The van der Waals surface area contributed by atoms with Crippen molar-refractivity contribution in [2.45, 2.75) is 28.8 Å². The number of hydrogen-bond acceptors (Lipinski definition) is 10. The Morgan fingerprint density at radius 3 is 2.63 bits per heavy atom. The number of azo groups is 1. The van der Waals surface area contributed by atoms with E-state index < -0.39 is 29.8 Å². The van der Waals surface area contributed by atoms with Crippen LogP contribution in [-0.2, 0) is 26.6 Å². The van der Waals surface area contributed by atoms with Crippen LogP contribution >= 0.6 is 0 Å². The fourth-order valence-electron chi connectivity index (χ4n) is 4.24. The van der Waals surface area contributed by atoms with Gasteiger partial charge in [0.25, 0.3) is 0 Å². The molecule has 0 radical (unpaired) electrons. The Bertz CT molecular complexity index is 1590. The van der Waals surface area contributed by atoms with Crippen LogP contribution in [0.2, 0.25) is 0 Å². The number of nitrogens with zero attached hydrogens (tertiary/aromatic N) is 4. The molecular formula is C20H23N9O4S2. The van der Waals surface area contributed by atoms with Crippen LogP contribution in [-0.4, -0.2) is 58.4 Å². The molecule has 0 aliphatic carbocycles. The summed E-state index contributed by atoms with van der Waals surface area (Å²) >= 11 is 0. The lowest BCUT2D eigenvalue weighted by atomic mass is 9.98. The molecule has 2 aromatic carbocycles. The summed E-state index contributed by atoms with van der Waals surface area (Å²) in [7, 11) is -8.79. The van der Waals surface area contributed by atoms with Gasteiger partial charge in [0.1, 0.15) is 15.6 Å². The standard InChI is InChI=1S/C20H23N9O4S2/c21-8-17-26-14-3-1-11(7-15(14)27-17)13-2-4-16(35(32,33)29-12-5-6-23-9-12)19(34(22,30)31)18(13)20-24-10-25-28-20/h1-4,7,12,23,29H,5-6,8-10,21H2,(H,26,27)(H2,22,30,31)/t12-/m1/s1. The highest BCUT2D eigenvalue weighted by atomic mass is 32.2. The molecule has 184 valence electrons. The number of aromatic nitrogens is 2. The molecule has 35 heavy (non-hydrogen) atoms. The van der Waals surface area contributed by atoms with Crippen LogP contribution in [0.3, 0.4) is 0 Å². The molecule has 0 unspecified atom stereocenters. The first-order chi connectivity index (χ1) is 16.7. The van der Waals surface area contributed by atoms with Gasteiger partial charge in [-0.25, -0.2) is 36.7 Å². The van der Waals surface area contributed by atoms with Crippen LogP contribution in [0.1, 0.15) is 17.8 Å². The smallest absolute Gasteiger partial charge is 0.242 e. The lowest BCUT2D eigenvalue weighted by Gasteiger charge is -2.18. The van der Waals surface area contributed by atoms with Crippen molar-refractivity contribution in [1.82, 2.24) is 20.0 Å². The second-order valence-electron chi connectivity index (χ2n) is 8.16. The van der Waals surface area contributed by atoms with Crippen LogP contribution in [0.25, 0.3) is 22.2 Å². The highest BCUT2D eigenvalue weighted by molar-refractivity contribution is 7.92. The predicted molar refractivity (Wildman–Crippen MR) is 129 cm³/mol. The Balaban J connectivity index is 1.75. The van der Waals surface area contributed by atoms with E-state index in [1.54, 1.807) is 18.2 Å². The molecule has 0 bridgehead atoms. The Morgan fingerprint density at radius 1 is 1.14 bits per heavy atom. The van der Waals surface area contributed by atoms with Crippen LogP contribution in [0.4, 0.5) is 0 Å². The molecule has 1 atom stereocenters. The minimum absolute atomic E-state index is 0.0127. The van der Waals surface area contributed by atoms with Gasteiger partial charge in [-0.1, -0.05) is 12.1 Å². The van der Waals surface area contributed by atoms with Crippen molar-refractivity contribution in [1.29, 1.82) is 0 Å². The highest BCUT2D eigenvalue weighted by Gasteiger charge is 2.34. The number of aliphatic imine (C=N–C) groups is 1. The summed E-state index contributed by atoms with van der Waals surface area (Å²) in [6.45, 7) is 1.29. The maximum absolute atomic E-state index is 13.3. The fraction of sp³-hybridized carbons (Fsp3) is 0.300. The second kappa shape index (κ2) is 8.85. The van der Waals surface area contributed by atoms with Gasteiger partial charge in [-0.15, -0.1) is 5.11 Å². The van der Waals surface area contributed by atoms with Gasteiger partial charge in [-0.3, -0.25) is 0 Å². The summed E-state index contributed by atoms with van der Waals surface area (Å²) in [6.07, 6.45) is 0.574. The number of rotatable bonds is 7. The minimum atomic E-state index is -4.55. The molecule has 15 heteroatoms. The zero-order valence-electron chi connectivity index (χ0n) is 18.4. The van der Waals surface area contributed by atoms with E-state index in [2.05, 4.69) is 35.2 Å². The van der Waals surface area contributed by atoms with Crippen LogP contribution < -0.4 is 20.9 Å². The number of hydrogen-bond donors (Lipinski definition) is 5. The fourth-order valence-corrected chi connectivity index (χ4v) is 7.12. The summed E-state index contributed by atoms with van der Waals surface area (Å²) in [4.78, 5) is 10.6. The number of aromatic amines is 1. The van der Waals surface area contributed by atoms with E-state index in [4.69, 9.17) is 10.9 Å². The Hall–Kier alpha value is -3.08. The monoisotopic (exact) mass is 517 g/mol. The molecule has 7 N–H and O–H groups in total. The molecule has 0 saturated carbocycles. The molecule has 0 amide bonds. The normalized spacial score (nSPS) is 18.5. The van der Waals surface area contributed by atoms with Crippen molar-refractivity contribution in [2.24, 2.45) is 26.1 Å². The highest BCUT2D eigenvalue weighted by Crippen LogP contribution is 2.36. The molecule has 0 spiro atoms. The number of primary sulfonamides is 1. The topological polar surface area (TPSA) is 210 Å². The van der Waals surface area contributed by atoms with Crippen molar-refractivity contribution >= 4 is 36.9 Å². The zero-order chi connectivity index (χ0) is 24.8. The first-order valence-electron chi connectivity index (χ1n) is 10.7. The minimum Gasteiger partial charge on any atom is -0.341 e. The number of H-pyrrole nitrogens is 1. The molecule has 2 aliphatic heterocycles. The first-order valence-corrected chi connectivity index (χ1v) is 13.7. The third-order valence-corrected chi connectivity index (χ3v) is 8.47. The molecule has 3 heterocycles. The molecule has 5 rings (SSSR count). The number of nitrogens with one attached hydrogen (secondary N) is 3. The molecule has 1 saturated heterocycles. The van der Waals surface area contributed by atoms with E-state index in [0.717, 1.165) is 0 Å². The molecule has 3 aromatic rings. The van der Waals surface area contributed by atoms with Gasteiger partial charge >= 0.3 is 0 Å². The number of fused-ring (bicyclic) bond motifs is 1. The molecular weight excluding hydrogens is 494 g/mol. The maximum atomic E-state index is 13.3. The number of benzene rings is 2.